The minimum absolute atomic E-state index is 0.0822. The normalized spacial score (nSPS) is 15.1. The molecule has 3 aromatic heterocycles. The molecule has 8 heteroatoms. The standard InChI is InChI=1S/C20H23N5OS2/c1-3-17-23-15(13-27-17)12-24-8-10-25(11-9-24)20(26)18-14(2)22-19(28-18)16-6-4-5-7-21-16/h4-7,13H,3,8-12H2,1-2H3. The van der Waals surface area contributed by atoms with Gasteiger partial charge in [0.25, 0.3) is 5.91 Å². The Balaban J connectivity index is 1.38. The molecule has 0 N–H and O–H groups in total. The molecule has 3 aromatic rings. The van der Waals surface area contributed by atoms with E-state index >= 15 is 0 Å². The van der Waals surface area contributed by atoms with Crippen LogP contribution in [0.3, 0.4) is 0 Å². The van der Waals surface area contributed by atoms with Crippen LogP contribution in [-0.2, 0) is 13.0 Å². The maximum absolute atomic E-state index is 13.0. The summed E-state index contributed by atoms with van der Waals surface area (Å²) in [4.78, 5) is 31.6. The number of carbonyl (C=O) groups excluding carboxylic acids is 1. The Bertz CT molecular complexity index is 945. The van der Waals surface area contributed by atoms with Crippen molar-refractivity contribution in [1.82, 2.24) is 24.8 Å². The lowest BCUT2D eigenvalue weighted by molar-refractivity contribution is 0.0631. The summed E-state index contributed by atoms with van der Waals surface area (Å²) in [7, 11) is 0. The smallest absolute Gasteiger partial charge is 0.265 e. The summed E-state index contributed by atoms with van der Waals surface area (Å²) in [6.07, 6.45) is 2.74. The van der Waals surface area contributed by atoms with Gasteiger partial charge in [0.1, 0.15) is 9.88 Å². The van der Waals surface area contributed by atoms with Crippen molar-refractivity contribution in [2.75, 3.05) is 26.2 Å². The topological polar surface area (TPSA) is 62.2 Å². The van der Waals surface area contributed by atoms with E-state index in [1.807, 2.05) is 30.0 Å². The van der Waals surface area contributed by atoms with Gasteiger partial charge in [-0.15, -0.1) is 22.7 Å². The Hall–Kier alpha value is -2.16. The number of rotatable bonds is 5. The molecule has 0 aromatic carbocycles. The summed E-state index contributed by atoms with van der Waals surface area (Å²) in [5.41, 5.74) is 2.74. The molecule has 146 valence electrons. The number of thiazole rings is 2. The molecule has 4 rings (SSSR count). The number of carbonyl (C=O) groups is 1. The quantitative estimate of drug-likeness (QED) is 0.641. The summed E-state index contributed by atoms with van der Waals surface area (Å²) in [6, 6.07) is 5.74. The zero-order valence-corrected chi connectivity index (χ0v) is 17.7. The third-order valence-corrected chi connectivity index (χ3v) is 7.03. The molecule has 1 aliphatic rings. The van der Waals surface area contributed by atoms with Gasteiger partial charge in [-0.3, -0.25) is 14.7 Å². The third kappa shape index (κ3) is 4.14. The number of pyridine rings is 1. The van der Waals surface area contributed by atoms with Crippen molar-refractivity contribution in [3.05, 3.63) is 51.0 Å². The molecule has 0 aliphatic carbocycles. The summed E-state index contributed by atoms with van der Waals surface area (Å²) in [6.45, 7) is 8.11. The van der Waals surface area contributed by atoms with Gasteiger partial charge in [0.15, 0.2) is 0 Å². The lowest BCUT2D eigenvalue weighted by Gasteiger charge is -2.34. The minimum Gasteiger partial charge on any atom is -0.335 e. The highest BCUT2D eigenvalue weighted by molar-refractivity contribution is 7.17. The van der Waals surface area contributed by atoms with E-state index in [2.05, 4.69) is 32.2 Å². The molecule has 1 fully saturated rings. The van der Waals surface area contributed by atoms with Crippen molar-refractivity contribution in [2.45, 2.75) is 26.8 Å². The van der Waals surface area contributed by atoms with E-state index < -0.39 is 0 Å². The number of piperazine rings is 1. The second-order valence-corrected chi connectivity index (χ2v) is 8.74. The predicted molar refractivity (Wildman–Crippen MR) is 113 cm³/mol. The number of amides is 1. The van der Waals surface area contributed by atoms with E-state index in [1.54, 1.807) is 17.5 Å². The molecule has 1 amide bonds. The summed E-state index contributed by atoms with van der Waals surface area (Å²) < 4.78 is 0. The first kappa shape index (κ1) is 19.2. The summed E-state index contributed by atoms with van der Waals surface area (Å²) in [5, 5.41) is 4.14. The summed E-state index contributed by atoms with van der Waals surface area (Å²) >= 11 is 3.17. The van der Waals surface area contributed by atoms with Gasteiger partial charge in [0, 0.05) is 44.3 Å². The van der Waals surface area contributed by atoms with Crippen molar-refractivity contribution in [2.24, 2.45) is 0 Å². The Kier molecular flexibility index (Phi) is 5.79. The molecule has 1 aliphatic heterocycles. The zero-order valence-electron chi connectivity index (χ0n) is 16.1. The molecular weight excluding hydrogens is 390 g/mol. The molecule has 0 saturated carbocycles. The monoisotopic (exact) mass is 413 g/mol. The molecular formula is C20H23N5OS2. The second-order valence-electron chi connectivity index (χ2n) is 6.80. The van der Waals surface area contributed by atoms with Crippen LogP contribution < -0.4 is 0 Å². The highest BCUT2D eigenvalue weighted by Crippen LogP contribution is 2.27. The van der Waals surface area contributed by atoms with E-state index in [4.69, 9.17) is 0 Å². The van der Waals surface area contributed by atoms with E-state index in [1.165, 1.54) is 16.3 Å². The minimum atomic E-state index is 0.0822. The maximum Gasteiger partial charge on any atom is 0.265 e. The lowest BCUT2D eigenvalue weighted by atomic mass is 10.2. The van der Waals surface area contributed by atoms with Crippen LogP contribution in [-0.4, -0.2) is 56.8 Å². The van der Waals surface area contributed by atoms with E-state index in [0.29, 0.717) is 0 Å². The van der Waals surface area contributed by atoms with Crippen LogP contribution in [0.15, 0.2) is 29.8 Å². The van der Waals surface area contributed by atoms with Crippen molar-refractivity contribution >= 4 is 28.6 Å². The number of hydrogen-bond donors (Lipinski definition) is 0. The van der Waals surface area contributed by atoms with Gasteiger partial charge in [-0.1, -0.05) is 13.0 Å². The molecule has 28 heavy (non-hydrogen) atoms. The average molecular weight is 414 g/mol. The number of aromatic nitrogens is 3. The van der Waals surface area contributed by atoms with E-state index in [0.717, 1.165) is 66.1 Å². The van der Waals surface area contributed by atoms with Crippen LogP contribution in [0.4, 0.5) is 0 Å². The Labute approximate surface area is 172 Å². The summed E-state index contributed by atoms with van der Waals surface area (Å²) in [5.74, 6) is 0.0822. The molecule has 0 spiro atoms. The molecule has 0 atom stereocenters. The molecule has 6 nitrogen and oxygen atoms in total. The van der Waals surface area contributed by atoms with Crippen LogP contribution in [0.2, 0.25) is 0 Å². The van der Waals surface area contributed by atoms with Gasteiger partial charge >= 0.3 is 0 Å². The second kappa shape index (κ2) is 8.46. The highest BCUT2D eigenvalue weighted by atomic mass is 32.1. The van der Waals surface area contributed by atoms with Gasteiger partial charge in [-0.05, 0) is 25.5 Å². The lowest BCUT2D eigenvalue weighted by Crippen LogP contribution is -2.48. The first-order valence-corrected chi connectivity index (χ1v) is 11.2. The maximum atomic E-state index is 13.0. The SMILES string of the molecule is CCc1nc(CN2CCN(C(=O)c3sc(-c4ccccn4)nc3C)CC2)cs1. The van der Waals surface area contributed by atoms with Gasteiger partial charge in [0.2, 0.25) is 0 Å². The molecule has 4 heterocycles. The fourth-order valence-electron chi connectivity index (χ4n) is 3.26. The van der Waals surface area contributed by atoms with Gasteiger partial charge in [-0.2, -0.15) is 0 Å². The fourth-order valence-corrected chi connectivity index (χ4v) is 5.01. The number of nitrogens with zero attached hydrogens (tertiary/aromatic N) is 5. The van der Waals surface area contributed by atoms with Crippen molar-refractivity contribution in [1.29, 1.82) is 0 Å². The van der Waals surface area contributed by atoms with Crippen LogP contribution >= 0.6 is 22.7 Å². The number of aryl methyl sites for hydroxylation is 2. The first-order chi connectivity index (χ1) is 13.6. The molecule has 0 radical (unpaired) electrons. The molecule has 0 bridgehead atoms. The first-order valence-electron chi connectivity index (χ1n) is 9.47. The van der Waals surface area contributed by atoms with Gasteiger partial charge < -0.3 is 4.90 Å². The fraction of sp³-hybridized carbons (Fsp3) is 0.400. The van der Waals surface area contributed by atoms with Crippen LogP contribution in [0.25, 0.3) is 10.7 Å². The Morgan fingerprint density at radius 3 is 2.68 bits per heavy atom. The zero-order chi connectivity index (χ0) is 19.5. The third-order valence-electron chi connectivity index (χ3n) is 4.82. The Morgan fingerprint density at radius 1 is 1.18 bits per heavy atom. The van der Waals surface area contributed by atoms with E-state index in [-0.39, 0.29) is 5.91 Å². The van der Waals surface area contributed by atoms with Crippen LogP contribution in [0.5, 0.6) is 0 Å². The predicted octanol–water partition coefficient (Wildman–Crippen LogP) is 3.49. The largest absolute Gasteiger partial charge is 0.335 e. The van der Waals surface area contributed by atoms with Crippen molar-refractivity contribution in [3.63, 3.8) is 0 Å². The van der Waals surface area contributed by atoms with Crippen molar-refractivity contribution < 1.29 is 4.79 Å². The molecule has 0 unspecified atom stereocenters. The molecule has 1 saturated heterocycles. The number of hydrogen-bond acceptors (Lipinski definition) is 7. The van der Waals surface area contributed by atoms with Gasteiger partial charge in [0.05, 0.1) is 22.1 Å². The highest BCUT2D eigenvalue weighted by Gasteiger charge is 2.26. The van der Waals surface area contributed by atoms with Crippen LogP contribution in [0, 0.1) is 6.92 Å². The van der Waals surface area contributed by atoms with Gasteiger partial charge in [-0.25, -0.2) is 9.97 Å². The van der Waals surface area contributed by atoms with Crippen LogP contribution in [0.1, 0.15) is 33.0 Å². The van der Waals surface area contributed by atoms with Crippen molar-refractivity contribution in [3.8, 4) is 10.7 Å². The average Bonchev–Trinajstić information content (AvgIpc) is 3.35. The Morgan fingerprint density at radius 2 is 2.00 bits per heavy atom. The van der Waals surface area contributed by atoms with E-state index in [9.17, 15) is 4.79 Å².